The Kier molecular flexibility index (Phi) is 6.51. The molecule has 2 rings (SSSR count). The van der Waals surface area contributed by atoms with Gasteiger partial charge in [0.1, 0.15) is 0 Å². The lowest BCUT2D eigenvalue weighted by Crippen LogP contribution is -2.25. The largest absolute Gasteiger partial charge is 0.348 e. The Morgan fingerprint density at radius 3 is 2.21 bits per heavy atom. The standard InChI is InChI=1S/C18H22O5S/c1-14-9-7-8-12-18(14)24(19,20)23-16(3)22-15(2)21-13-17-10-5-4-6-11-17/h4-12,15-16H,13H2,1-3H3. The predicted octanol–water partition coefficient (Wildman–Crippen LogP) is 3.63. The molecule has 0 aliphatic rings. The highest BCUT2D eigenvalue weighted by Crippen LogP contribution is 2.19. The normalized spacial score (nSPS) is 14.3. The van der Waals surface area contributed by atoms with Gasteiger partial charge in [-0.2, -0.15) is 8.42 Å². The molecule has 0 bridgehead atoms. The summed E-state index contributed by atoms with van der Waals surface area (Å²) in [5.41, 5.74) is 1.63. The number of ether oxygens (including phenoxy) is 2. The van der Waals surface area contributed by atoms with Crippen LogP contribution in [0, 0.1) is 6.92 Å². The monoisotopic (exact) mass is 350 g/mol. The lowest BCUT2D eigenvalue weighted by molar-refractivity contribution is -0.207. The zero-order chi connectivity index (χ0) is 17.6. The van der Waals surface area contributed by atoms with Gasteiger partial charge >= 0.3 is 0 Å². The van der Waals surface area contributed by atoms with Crippen LogP contribution < -0.4 is 0 Å². The van der Waals surface area contributed by atoms with Crippen molar-refractivity contribution in [3.8, 4) is 0 Å². The SMILES string of the molecule is Cc1ccccc1S(=O)(=O)OC(C)OC(C)OCc1ccccc1. The number of hydrogen-bond acceptors (Lipinski definition) is 5. The van der Waals surface area contributed by atoms with Crippen LogP contribution in [0.1, 0.15) is 25.0 Å². The van der Waals surface area contributed by atoms with Gasteiger partial charge in [0.15, 0.2) is 12.6 Å². The lowest BCUT2D eigenvalue weighted by Gasteiger charge is -2.20. The molecular formula is C18H22O5S. The van der Waals surface area contributed by atoms with Crippen LogP contribution in [0.4, 0.5) is 0 Å². The second-order valence-corrected chi connectivity index (χ2v) is 6.92. The van der Waals surface area contributed by atoms with Crippen molar-refractivity contribution in [1.82, 2.24) is 0 Å². The molecule has 130 valence electrons. The van der Waals surface area contributed by atoms with Gasteiger partial charge in [-0.1, -0.05) is 48.5 Å². The van der Waals surface area contributed by atoms with E-state index in [9.17, 15) is 8.42 Å². The summed E-state index contributed by atoms with van der Waals surface area (Å²) in [5, 5.41) is 0. The maximum Gasteiger partial charge on any atom is 0.299 e. The van der Waals surface area contributed by atoms with E-state index in [0.717, 1.165) is 5.56 Å². The van der Waals surface area contributed by atoms with Crippen LogP contribution in [0.3, 0.4) is 0 Å². The highest BCUT2D eigenvalue weighted by atomic mass is 32.2. The van der Waals surface area contributed by atoms with Crippen molar-refractivity contribution >= 4 is 10.1 Å². The highest BCUT2D eigenvalue weighted by Gasteiger charge is 2.22. The third kappa shape index (κ3) is 5.42. The molecule has 0 aliphatic carbocycles. The second kappa shape index (κ2) is 8.39. The predicted molar refractivity (Wildman–Crippen MR) is 90.7 cm³/mol. The van der Waals surface area contributed by atoms with Gasteiger partial charge in [-0.3, -0.25) is 0 Å². The molecule has 5 nitrogen and oxygen atoms in total. The van der Waals surface area contributed by atoms with Gasteiger partial charge in [0, 0.05) is 0 Å². The molecule has 0 N–H and O–H groups in total. The smallest absolute Gasteiger partial charge is 0.299 e. The molecule has 2 unspecified atom stereocenters. The van der Waals surface area contributed by atoms with E-state index >= 15 is 0 Å². The zero-order valence-corrected chi connectivity index (χ0v) is 14.8. The molecule has 0 saturated carbocycles. The third-order valence-corrected chi connectivity index (χ3v) is 4.86. The van der Waals surface area contributed by atoms with Crippen LogP contribution in [0.5, 0.6) is 0 Å². The van der Waals surface area contributed by atoms with Crippen molar-refractivity contribution in [2.45, 2.75) is 44.9 Å². The minimum atomic E-state index is -3.88. The Labute approximate surface area is 143 Å². The van der Waals surface area contributed by atoms with Crippen molar-refractivity contribution in [2.24, 2.45) is 0 Å². The van der Waals surface area contributed by atoms with Crippen molar-refractivity contribution in [1.29, 1.82) is 0 Å². The number of rotatable bonds is 8. The molecule has 0 radical (unpaired) electrons. The van der Waals surface area contributed by atoms with Crippen molar-refractivity contribution in [3.05, 3.63) is 65.7 Å². The Balaban J connectivity index is 1.88. The summed E-state index contributed by atoms with van der Waals surface area (Å²) in [5.74, 6) is 0. The minimum absolute atomic E-state index is 0.137. The van der Waals surface area contributed by atoms with Crippen molar-refractivity contribution in [2.75, 3.05) is 0 Å². The summed E-state index contributed by atoms with van der Waals surface area (Å²) in [4.78, 5) is 0.137. The van der Waals surface area contributed by atoms with Gasteiger partial charge in [-0.05, 0) is 38.0 Å². The summed E-state index contributed by atoms with van der Waals surface area (Å²) in [6, 6.07) is 16.3. The fourth-order valence-electron chi connectivity index (χ4n) is 2.19. The molecule has 0 aliphatic heterocycles. The number of aryl methyl sites for hydroxylation is 1. The van der Waals surface area contributed by atoms with E-state index in [0.29, 0.717) is 12.2 Å². The van der Waals surface area contributed by atoms with Gasteiger partial charge < -0.3 is 9.47 Å². The lowest BCUT2D eigenvalue weighted by atomic mass is 10.2. The molecule has 0 saturated heterocycles. The third-order valence-electron chi connectivity index (χ3n) is 3.34. The number of benzene rings is 2. The van der Waals surface area contributed by atoms with Crippen molar-refractivity contribution in [3.63, 3.8) is 0 Å². The molecule has 0 aromatic heterocycles. The Morgan fingerprint density at radius 1 is 0.917 bits per heavy atom. The molecule has 2 aromatic rings. The van der Waals surface area contributed by atoms with E-state index < -0.39 is 22.7 Å². The quantitative estimate of drug-likeness (QED) is 0.537. The maximum absolute atomic E-state index is 12.3. The number of hydrogen-bond donors (Lipinski definition) is 0. The average Bonchev–Trinajstić information content (AvgIpc) is 2.53. The van der Waals surface area contributed by atoms with E-state index in [1.807, 2.05) is 30.3 Å². The summed E-state index contributed by atoms with van der Waals surface area (Å²) in [7, 11) is -3.88. The fraction of sp³-hybridized carbons (Fsp3) is 0.333. The first kappa shape index (κ1) is 18.6. The van der Waals surface area contributed by atoms with Crippen LogP contribution >= 0.6 is 0 Å². The van der Waals surface area contributed by atoms with Crippen molar-refractivity contribution < 1.29 is 22.1 Å². The van der Waals surface area contributed by atoms with Gasteiger partial charge in [-0.25, -0.2) is 4.18 Å². The average molecular weight is 350 g/mol. The Hall–Kier alpha value is -1.73. The maximum atomic E-state index is 12.3. The van der Waals surface area contributed by atoms with Gasteiger partial charge in [-0.15, -0.1) is 0 Å². The summed E-state index contributed by atoms with van der Waals surface area (Å²) in [6.07, 6.45) is -1.56. The minimum Gasteiger partial charge on any atom is -0.348 e. The summed E-state index contributed by atoms with van der Waals surface area (Å²) < 4.78 is 40.7. The molecule has 2 aromatic carbocycles. The second-order valence-electron chi connectivity index (χ2n) is 5.38. The van der Waals surface area contributed by atoms with Gasteiger partial charge in [0.05, 0.1) is 11.5 Å². The van der Waals surface area contributed by atoms with E-state index in [1.165, 1.54) is 13.0 Å². The zero-order valence-electron chi connectivity index (χ0n) is 14.0. The van der Waals surface area contributed by atoms with Crippen LogP contribution in [0.25, 0.3) is 0 Å². The first-order valence-corrected chi connectivity index (χ1v) is 9.09. The van der Waals surface area contributed by atoms with E-state index in [-0.39, 0.29) is 4.90 Å². The molecule has 0 spiro atoms. The first-order chi connectivity index (χ1) is 11.4. The summed E-state index contributed by atoms with van der Waals surface area (Å²) >= 11 is 0. The highest BCUT2D eigenvalue weighted by molar-refractivity contribution is 7.86. The molecule has 6 heteroatoms. The Bertz CT molecular complexity index is 743. The fourth-order valence-corrected chi connectivity index (χ4v) is 3.40. The summed E-state index contributed by atoms with van der Waals surface area (Å²) in [6.45, 7) is 5.31. The first-order valence-electron chi connectivity index (χ1n) is 7.68. The molecule has 0 amide bonds. The molecular weight excluding hydrogens is 328 g/mol. The molecule has 0 fully saturated rings. The van der Waals surface area contributed by atoms with Crippen LogP contribution in [0.2, 0.25) is 0 Å². The molecule has 24 heavy (non-hydrogen) atoms. The molecule has 2 atom stereocenters. The molecule has 0 heterocycles. The van der Waals surface area contributed by atoms with E-state index in [1.54, 1.807) is 32.0 Å². The van der Waals surface area contributed by atoms with Crippen LogP contribution in [-0.2, 0) is 30.4 Å². The topological polar surface area (TPSA) is 61.8 Å². The Morgan fingerprint density at radius 2 is 1.54 bits per heavy atom. The van der Waals surface area contributed by atoms with Crippen LogP contribution in [-0.4, -0.2) is 21.0 Å². The van der Waals surface area contributed by atoms with Gasteiger partial charge in [0.25, 0.3) is 10.1 Å². The van der Waals surface area contributed by atoms with E-state index in [4.69, 9.17) is 13.7 Å². The van der Waals surface area contributed by atoms with Crippen LogP contribution in [0.15, 0.2) is 59.5 Å². The van der Waals surface area contributed by atoms with E-state index in [2.05, 4.69) is 0 Å². The van der Waals surface area contributed by atoms with Gasteiger partial charge in [0.2, 0.25) is 0 Å².